The second-order valence-electron chi connectivity index (χ2n) is 7.85. The Morgan fingerprint density at radius 1 is 1.17 bits per heavy atom. The van der Waals surface area contributed by atoms with Gasteiger partial charge in [-0.15, -0.1) is 34.2 Å². The molecule has 0 bridgehead atoms. The van der Waals surface area contributed by atoms with Crippen LogP contribution in [0.2, 0.25) is 0 Å². The van der Waals surface area contributed by atoms with E-state index in [-0.39, 0.29) is 24.0 Å². The Balaban J connectivity index is 0.00000320. The molecule has 0 radical (unpaired) electrons. The highest BCUT2D eigenvalue weighted by atomic mass is 127. The molecule has 2 N–H and O–H groups in total. The molecule has 1 fully saturated rings. The van der Waals surface area contributed by atoms with Crippen LogP contribution >= 0.6 is 24.0 Å². The zero-order valence-electron chi connectivity index (χ0n) is 18.3. The van der Waals surface area contributed by atoms with E-state index >= 15 is 0 Å². The Labute approximate surface area is 197 Å². The SMILES string of the molecule is CCNC(=NCCCCn1cnnc1)NC1CCN(Cc2cccc(C)c2)CC1.I. The predicted molar refractivity (Wildman–Crippen MR) is 133 cm³/mol. The molecule has 30 heavy (non-hydrogen) atoms. The zero-order valence-corrected chi connectivity index (χ0v) is 20.6. The average molecular weight is 525 g/mol. The lowest BCUT2D eigenvalue weighted by Crippen LogP contribution is -2.48. The maximum Gasteiger partial charge on any atom is 0.191 e. The molecule has 7 nitrogen and oxygen atoms in total. The van der Waals surface area contributed by atoms with Crippen molar-refractivity contribution in [3.63, 3.8) is 0 Å². The first-order valence-electron chi connectivity index (χ1n) is 10.9. The zero-order chi connectivity index (χ0) is 20.3. The Bertz CT molecular complexity index is 740. The van der Waals surface area contributed by atoms with Gasteiger partial charge in [0.25, 0.3) is 0 Å². The summed E-state index contributed by atoms with van der Waals surface area (Å²) in [5.41, 5.74) is 2.75. The molecule has 0 atom stereocenters. The molecule has 0 amide bonds. The van der Waals surface area contributed by atoms with E-state index in [9.17, 15) is 0 Å². The molecular weight excluding hydrogens is 489 g/mol. The van der Waals surface area contributed by atoms with Crippen LogP contribution in [0.1, 0.15) is 43.7 Å². The summed E-state index contributed by atoms with van der Waals surface area (Å²) in [6.45, 7) is 10.3. The van der Waals surface area contributed by atoms with Crippen molar-refractivity contribution in [3.8, 4) is 0 Å². The number of likely N-dealkylation sites (tertiary alicyclic amines) is 1. The number of halogens is 1. The van der Waals surface area contributed by atoms with E-state index in [1.54, 1.807) is 12.7 Å². The minimum Gasteiger partial charge on any atom is -0.357 e. The highest BCUT2D eigenvalue weighted by molar-refractivity contribution is 14.0. The number of rotatable bonds is 9. The Kier molecular flexibility index (Phi) is 11.1. The molecule has 1 aliphatic rings. The van der Waals surface area contributed by atoms with Crippen LogP contribution in [0.5, 0.6) is 0 Å². The smallest absolute Gasteiger partial charge is 0.191 e. The lowest BCUT2D eigenvalue weighted by atomic mass is 10.0. The maximum absolute atomic E-state index is 4.76. The number of benzene rings is 1. The van der Waals surface area contributed by atoms with Crippen LogP contribution < -0.4 is 10.6 Å². The van der Waals surface area contributed by atoms with Gasteiger partial charge in [-0.25, -0.2) is 0 Å². The molecule has 1 saturated heterocycles. The minimum atomic E-state index is 0. The third kappa shape index (κ3) is 8.59. The van der Waals surface area contributed by atoms with Gasteiger partial charge < -0.3 is 15.2 Å². The quantitative estimate of drug-likeness (QED) is 0.228. The van der Waals surface area contributed by atoms with Crippen molar-refractivity contribution in [1.29, 1.82) is 0 Å². The van der Waals surface area contributed by atoms with Crippen LogP contribution in [0, 0.1) is 6.92 Å². The number of unbranched alkanes of at least 4 members (excludes halogenated alkanes) is 1. The first kappa shape index (κ1) is 24.6. The summed E-state index contributed by atoms with van der Waals surface area (Å²) in [7, 11) is 0. The topological polar surface area (TPSA) is 70.4 Å². The van der Waals surface area contributed by atoms with Gasteiger partial charge in [0.15, 0.2) is 5.96 Å². The van der Waals surface area contributed by atoms with Gasteiger partial charge in [-0.2, -0.15) is 0 Å². The number of hydrogen-bond acceptors (Lipinski definition) is 4. The Morgan fingerprint density at radius 2 is 1.93 bits per heavy atom. The third-order valence-corrected chi connectivity index (χ3v) is 5.32. The van der Waals surface area contributed by atoms with E-state index in [0.29, 0.717) is 6.04 Å². The van der Waals surface area contributed by atoms with Crippen molar-refractivity contribution in [1.82, 2.24) is 30.3 Å². The van der Waals surface area contributed by atoms with E-state index in [1.165, 1.54) is 11.1 Å². The van der Waals surface area contributed by atoms with Crippen molar-refractivity contribution >= 4 is 29.9 Å². The largest absolute Gasteiger partial charge is 0.357 e. The van der Waals surface area contributed by atoms with E-state index in [2.05, 4.69) is 63.8 Å². The van der Waals surface area contributed by atoms with Crippen LogP contribution in [0.25, 0.3) is 0 Å². The molecule has 1 aromatic heterocycles. The van der Waals surface area contributed by atoms with Gasteiger partial charge in [-0.3, -0.25) is 9.89 Å². The van der Waals surface area contributed by atoms with Crippen molar-refractivity contribution in [2.24, 2.45) is 4.99 Å². The van der Waals surface area contributed by atoms with E-state index in [1.807, 2.05) is 4.57 Å². The number of guanidine groups is 1. The number of nitrogens with one attached hydrogen (secondary N) is 2. The average Bonchev–Trinajstić information content (AvgIpc) is 3.23. The van der Waals surface area contributed by atoms with Gasteiger partial charge in [-0.05, 0) is 45.1 Å². The summed E-state index contributed by atoms with van der Waals surface area (Å²) in [5.74, 6) is 0.953. The number of hydrogen-bond donors (Lipinski definition) is 2. The number of aromatic nitrogens is 3. The fourth-order valence-electron chi connectivity index (χ4n) is 3.75. The van der Waals surface area contributed by atoms with Gasteiger partial charge in [0.05, 0.1) is 0 Å². The van der Waals surface area contributed by atoms with Gasteiger partial charge in [-0.1, -0.05) is 29.8 Å². The van der Waals surface area contributed by atoms with E-state index in [4.69, 9.17) is 4.99 Å². The molecule has 0 spiro atoms. The van der Waals surface area contributed by atoms with Gasteiger partial charge >= 0.3 is 0 Å². The highest BCUT2D eigenvalue weighted by Crippen LogP contribution is 2.14. The van der Waals surface area contributed by atoms with Crippen molar-refractivity contribution in [2.45, 2.75) is 58.7 Å². The molecule has 166 valence electrons. The first-order valence-corrected chi connectivity index (χ1v) is 10.9. The monoisotopic (exact) mass is 525 g/mol. The molecular formula is C22H36IN7. The number of aryl methyl sites for hydroxylation is 2. The summed E-state index contributed by atoms with van der Waals surface area (Å²) in [6, 6.07) is 9.35. The molecule has 1 aromatic carbocycles. The second kappa shape index (κ2) is 13.6. The number of piperidine rings is 1. The van der Waals surface area contributed by atoms with Crippen molar-refractivity contribution < 1.29 is 0 Å². The van der Waals surface area contributed by atoms with Crippen LogP contribution in [0.4, 0.5) is 0 Å². The highest BCUT2D eigenvalue weighted by Gasteiger charge is 2.20. The molecule has 8 heteroatoms. The molecule has 0 saturated carbocycles. The van der Waals surface area contributed by atoms with Crippen molar-refractivity contribution in [3.05, 3.63) is 48.0 Å². The van der Waals surface area contributed by atoms with Crippen LogP contribution in [0.15, 0.2) is 41.9 Å². The van der Waals surface area contributed by atoms with Gasteiger partial charge in [0, 0.05) is 45.3 Å². The van der Waals surface area contributed by atoms with Crippen LogP contribution in [0.3, 0.4) is 0 Å². The lowest BCUT2D eigenvalue weighted by molar-refractivity contribution is 0.198. The van der Waals surface area contributed by atoms with Crippen molar-refractivity contribution in [2.75, 3.05) is 26.2 Å². The predicted octanol–water partition coefficient (Wildman–Crippen LogP) is 3.20. The fraction of sp³-hybridized carbons (Fsp3) is 0.591. The molecule has 1 aliphatic heterocycles. The number of nitrogens with zero attached hydrogens (tertiary/aromatic N) is 5. The summed E-state index contributed by atoms with van der Waals surface area (Å²) in [5, 5.41) is 14.7. The molecule has 3 rings (SSSR count). The maximum atomic E-state index is 4.76. The summed E-state index contributed by atoms with van der Waals surface area (Å²) in [6.07, 6.45) is 7.98. The van der Waals surface area contributed by atoms with Gasteiger partial charge in [0.2, 0.25) is 0 Å². The van der Waals surface area contributed by atoms with Crippen LogP contribution in [-0.2, 0) is 13.1 Å². The molecule has 0 unspecified atom stereocenters. The fourth-order valence-corrected chi connectivity index (χ4v) is 3.75. The lowest BCUT2D eigenvalue weighted by Gasteiger charge is -2.33. The first-order chi connectivity index (χ1) is 14.2. The normalized spacial score (nSPS) is 15.6. The summed E-state index contributed by atoms with van der Waals surface area (Å²) >= 11 is 0. The van der Waals surface area contributed by atoms with E-state index < -0.39 is 0 Å². The van der Waals surface area contributed by atoms with Crippen LogP contribution in [-0.4, -0.2) is 57.8 Å². The molecule has 2 heterocycles. The summed E-state index contributed by atoms with van der Waals surface area (Å²) < 4.78 is 2.01. The molecule has 2 aromatic rings. The Morgan fingerprint density at radius 3 is 2.63 bits per heavy atom. The van der Waals surface area contributed by atoms with Gasteiger partial charge in [0.1, 0.15) is 12.7 Å². The Hall–Kier alpha value is -1.68. The summed E-state index contributed by atoms with van der Waals surface area (Å²) in [4.78, 5) is 7.32. The standard InChI is InChI=1S/C22H35N7.HI/c1-3-23-22(24-11-4-5-12-29-17-25-26-18-29)27-21-9-13-28(14-10-21)16-20-8-6-7-19(2)15-20;/h6-8,15,17-18,21H,3-5,9-14,16H2,1-2H3,(H2,23,24,27);1H. The molecule has 0 aliphatic carbocycles. The third-order valence-electron chi connectivity index (χ3n) is 5.32. The van der Waals surface area contributed by atoms with E-state index in [0.717, 1.165) is 70.9 Å². The second-order valence-corrected chi connectivity index (χ2v) is 7.85. The number of aliphatic imine (C=N–C) groups is 1. The minimum absolute atomic E-state index is 0.